The molecule has 4 rings (SSSR count). The summed E-state index contributed by atoms with van der Waals surface area (Å²) < 4.78 is 4.70. The van der Waals surface area contributed by atoms with E-state index in [1.54, 1.807) is 11.8 Å². The second kappa shape index (κ2) is 6.37. The van der Waals surface area contributed by atoms with Gasteiger partial charge in [0.15, 0.2) is 6.04 Å². The van der Waals surface area contributed by atoms with Crippen molar-refractivity contribution >= 4 is 29.5 Å². The number of aryl methyl sites for hydroxylation is 1. The summed E-state index contributed by atoms with van der Waals surface area (Å²) in [7, 11) is 0. The molecule has 2 aromatic rings. The van der Waals surface area contributed by atoms with Gasteiger partial charge in [0.2, 0.25) is 0 Å². The second-order valence-electron chi connectivity index (χ2n) is 7.32. The highest BCUT2D eigenvalue weighted by Gasteiger charge is 2.59. The van der Waals surface area contributed by atoms with Crippen molar-refractivity contribution in [2.45, 2.75) is 43.0 Å². The lowest BCUT2D eigenvalue weighted by Crippen LogP contribution is -2.50. The van der Waals surface area contributed by atoms with Gasteiger partial charge >= 0.3 is 11.9 Å². The Balaban J connectivity index is 1.90. The summed E-state index contributed by atoms with van der Waals surface area (Å²) in [5, 5.41) is 23.1. The highest BCUT2D eigenvalue weighted by molar-refractivity contribution is 8.01. The summed E-state index contributed by atoms with van der Waals surface area (Å²) in [6.45, 7) is 5.33. The van der Waals surface area contributed by atoms with E-state index in [4.69, 9.17) is 4.52 Å². The molecule has 1 unspecified atom stereocenters. The molecule has 146 valence electrons. The molecule has 3 heterocycles. The average Bonchev–Trinajstić information content (AvgIpc) is 3.24. The summed E-state index contributed by atoms with van der Waals surface area (Å²) >= 11 is 1.32. The van der Waals surface area contributed by atoms with E-state index in [1.165, 1.54) is 11.8 Å². The molecule has 2 aliphatic rings. The van der Waals surface area contributed by atoms with Crippen LogP contribution in [-0.2, 0) is 9.59 Å². The quantitative estimate of drug-likeness (QED) is 0.803. The molecule has 3 atom stereocenters. The molecule has 0 bridgehead atoms. The Morgan fingerprint density at radius 2 is 1.86 bits per heavy atom. The lowest BCUT2D eigenvalue weighted by atomic mass is 9.99. The van der Waals surface area contributed by atoms with Crippen LogP contribution in [0.1, 0.15) is 25.2 Å². The number of carboxylic acid groups (broad SMARTS) is 2. The van der Waals surface area contributed by atoms with Crippen molar-refractivity contribution < 1.29 is 24.3 Å². The van der Waals surface area contributed by atoms with Gasteiger partial charge in [-0.05, 0) is 20.8 Å². The average molecular weight is 401 g/mol. The minimum atomic E-state index is -1.09. The highest BCUT2D eigenvalue weighted by Crippen LogP contribution is 2.50. The van der Waals surface area contributed by atoms with Crippen LogP contribution in [0.15, 0.2) is 39.8 Å². The van der Waals surface area contributed by atoms with E-state index in [-0.39, 0.29) is 0 Å². The predicted molar refractivity (Wildman–Crippen MR) is 103 cm³/mol. The molecular weight excluding hydrogens is 382 g/mol. The number of aliphatic carboxylic acids is 2. The van der Waals surface area contributed by atoms with Crippen molar-refractivity contribution in [2.24, 2.45) is 4.99 Å². The largest absolute Gasteiger partial charge is 0.480 e. The van der Waals surface area contributed by atoms with Crippen LogP contribution >= 0.6 is 11.8 Å². The minimum Gasteiger partial charge on any atom is -0.480 e. The molecule has 0 amide bonds. The molecular formula is C19H19N3O5S. The third kappa shape index (κ3) is 2.69. The molecule has 28 heavy (non-hydrogen) atoms. The fraction of sp³-hybridized carbons (Fsp3) is 0.368. The maximum Gasteiger partial charge on any atom is 0.331 e. The monoisotopic (exact) mass is 401 g/mol. The number of carbonyl (C=O) groups is 2. The lowest BCUT2D eigenvalue weighted by molar-refractivity contribution is -0.143. The van der Waals surface area contributed by atoms with Gasteiger partial charge in [0.05, 0.1) is 5.56 Å². The molecule has 1 saturated heterocycles. The summed E-state index contributed by atoms with van der Waals surface area (Å²) in [4.78, 5) is 30.0. The van der Waals surface area contributed by atoms with Crippen LogP contribution in [0.3, 0.4) is 0 Å². The van der Waals surface area contributed by atoms with Crippen molar-refractivity contribution in [3.8, 4) is 11.3 Å². The zero-order valence-electron chi connectivity index (χ0n) is 15.5. The first-order chi connectivity index (χ1) is 13.2. The van der Waals surface area contributed by atoms with Gasteiger partial charge in [0.25, 0.3) is 0 Å². The number of rotatable bonds is 4. The summed E-state index contributed by atoms with van der Waals surface area (Å²) in [6, 6.07) is 7.32. The smallest absolute Gasteiger partial charge is 0.331 e. The van der Waals surface area contributed by atoms with Gasteiger partial charge in [-0.25, -0.2) is 14.6 Å². The van der Waals surface area contributed by atoms with Crippen LogP contribution in [0.2, 0.25) is 0 Å². The van der Waals surface area contributed by atoms with Crippen molar-refractivity contribution in [3.05, 3.63) is 41.7 Å². The molecule has 8 nitrogen and oxygen atoms in total. The maximum absolute atomic E-state index is 12.1. The van der Waals surface area contributed by atoms with Crippen LogP contribution in [0.4, 0.5) is 0 Å². The van der Waals surface area contributed by atoms with Gasteiger partial charge in [0.1, 0.15) is 28.7 Å². The summed E-state index contributed by atoms with van der Waals surface area (Å²) in [5.41, 5.74) is 1.83. The Kier molecular flexibility index (Phi) is 4.22. The van der Waals surface area contributed by atoms with Gasteiger partial charge < -0.3 is 19.6 Å². The van der Waals surface area contributed by atoms with E-state index >= 15 is 0 Å². The van der Waals surface area contributed by atoms with Gasteiger partial charge in [-0.1, -0.05) is 35.5 Å². The van der Waals surface area contributed by atoms with Gasteiger partial charge in [-0.3, -0.25) is 0 Å². The van der Waals surface area contributed by atoms with Crippen LogP contribution in [0.5, 0.6) is 0 Å². The molecule has 1 fully saturated rings. The normalized spacial score (nSPS) is 25.5. The van der Waals surface area contributed by atoms with Crippen LogP contribution in [-0.4, -0.2) is 60.2 Å². The first-order valence-corrected chi connectivity index (χ1v) is 9.62. The lowest BCUT2D eigenvalue weighted by Gasteiger charge is -2.29. The molecule has 2 N–H and O–H groups in total. The Bertz CT molecular complexity index is 985. The maximum atomic E-state index is 12.1. The van der Waals surface area contributed by atoms with Crippen LogP contribution in [0, 0.1) is 6.92 Å². The van der Waals surface area contributed by atoms with Crippen LogP contribution < -0.4 is 0 Å². The van der Waals surface area contributed by atoms with Crippen molar-refractivity contribution in [3.63, 3.8) is 0 Å². The third-order valence-corrected chi connectivity index (χ3v) is 6.59. The van der Waals surface area contributed by atoms with Crippen molar-refractivity contribution in [2.75, 3.05) is 0 Å². The number of aromatic nitrogens is 1. The van der Waals surface area contributed by atoms with Gasteiger partial charge in [-0.15, -0.1) is 11.8 Å². The Morgan fingerprint density at radius 3 is 2.46 bits per heavy atom. The predicted octanol–water partition coefficient (Wildman–Crippen LogP) is 2.47. The Hall–Kier alpha value is -2.81. The summed E-state index contributed by atoms with van der Waals surface area (Å²) in [5.74, 6) is -1.34. The fourth-order valence-corrected chi connectivity index (χ4v) is 5.46. The second-order valence-corrected chi connectivity index (χ2v) is 9.09. The molecule has 0 radical (unpaired) electrons. The van der Waals surface area contributed by atoms with E-state index < -0.39 is 34.1 Å². The molecule has 9 heteroatoms. The zero-order chi connectivity index (χ0) is 20.2. The minimum absolute atomic E-state index is 0.306. The number of thioether (sulfide) groups is 1. The topological polar surface area (TPSA) is 116 Å². The molecule has 0 spiro atoms. The van der Waals surface area contributed by atoms with Crippen molar-refractivity contribution in [1.82, 2.24) is 10.1 Å². The zero-order valence-corrected chi connectivity index (χ0v) is 16.3. The fourth-order valence-electron chi connectivity index (χ4n) is 3.85. The molecule has 1 aromatic heterocycles. The molecule has 2 aliphatic heterocycles. The standard InChI is InChI=1S/C19H19N3O5S/c1-9-11(12(21-27-9)10-7-5-4-6-8-10)15-20-13(17(23)24)16-22(15)14(18(25)26)19(2,3)28-16/h4-8,13-14,16H,1-3H3,(H,23,24)(H,25,26)/t13-,14-,16?/m1/s1. The number of benzene rings is 1. The van der Waals surface area contributed by atoms with Gasteiger partial charge in [0, 0.05) is 10.3 Å². The van der Waals surface area contributed by atoms with Crippen LogP contribution in [0.25, 0.3) is 11.3 Å². The SMILES string of the molecule is Cc1onc(-c2ccccc2)c1C1=N[C@@H](C(=O)O)C2SC(C)(C)[C@@H](C(=O)O)N12. The number of hydrogen-bond donors (Lipinski definition) is 2. The molecule has 0 saturated carbocycles. The number of carboxylic acids is 2. The van der Waals surface area contributed by atoms with E-state index in [9.17, 15) is 19.8 Å². The van der Waals surface area contributed by atoms with Crippen molar-refractivity contribution in [1.29, 1.82) is 0 Å². The number of fused-ring (bicyclic) bond motifs is 1. The Morgan fingerprint density at radius 1 is 1.18 bits per heavy atom. The van der Waals surface area contributed by atoms with Gasteiger partial charge in [-0.2, -0.15) is 0 Å². The molecule has 1 aromatic carbocycles. The molecule has 0 aliphatic carbocycles. The number of nitrogens with zero attached hydrogens (tertiary/aromatic N) is 3. The van der Waals surface area contributed by atoms with E-state index in [2.05, 4.69) is 10.1 Å². The van der Waals surface area contributed by atoms with E-state index in [0.29, 0.717) is 22.9 Å². The Labute approximate surface area is 165 Å². The number of aliphatic imine (C=N–C) groups is 1. The number of hydrogen-bond acceptors (Lipinski definition) is 7. The van der Waals surface area contributed by atoms with E-state index in [1.807, 2.05) is 44.2 Å². The van der Waals surface area contributed by atoms with E-state index in [0.717, 1.165) is 5.56 Å². The third-order valence-electron chi connectivity index (χ3n) is 5.03. The number of amidine groups is 1. The highest BCUT2D eigenvalue weighted by atomic mass is 32.2. The first kappa shape index (κ1) is 18.5. The first-order valence-electron chi connectivity index (χ1n) is 8.74. The summed E-state index contributed by atoms with van der Waals surface area (Å²) in [6.07, 6.45) is 0.